The van der Waals surface area contributed by atoms with Gasteiger partial charge in [0.25, 0.3) is 5.56 Å². The number of nitrogens with one attached hydrogen (secondary N) is 1. The fraction of sp³-hybridized carbons (Fsp3) is 0.286. The van der Waals surface area contributed by atoms with Gasteiger partial charge in [-0.05, 0) is 23.8 Å². The molecule has 2 heterocycles. The number of amides is 1. The van der Waals surface area contributed by atoms with Crippen molar-refractivity contribution in [1.29, 1.82) is 0 Å². The summed E-state index contributed by atoms with van der Waals surface area (Å²) >= 11 is 6.15. The molecule has 0 aliphatic carbocycles. The van der Waals surface area contributed by atoms with Crippen molar-refractivity contribution in [3.63, 3.8) is 0 Å². The summed E-state index contributed by atoms with van der Waals surface area (Å²) in [5, 5.41) is 9.68. The quantitative estimate of drug-likeness (QED) is 0.737. The van der Waals surface area contributed by atoms with Gasteiger partial charge in [0.1, 0.15) is 0 Å². The number of fused-ring (bicyclic) bond motifs is 1. The molecule has 144 valence electrons. The van der Waals surface area contributed by atoms with Crippen LogP contribution >= 0.6 is 11.6 Å². The first-order valence-corrected chi connectivity index (χ1v) is 9.63. The number of aromatic nitrogens is 2. The average molecular weight is 397 g/mol. The maximum absolute atomic E-state index is 13.2. The molecule has 7 heteroatoms. The number of piperazine rings is 1. The monoisotopic (exact) mass is 396 g/mol. The van der Waals surface area contributed by atoms with Gasteiger partial charge < -0.3 is 10.2 Å². The number of carbonyl (C=O) groups is 1. The minimum absolute atomic E-state index is 0.0113. The van der Waals surface area contributed by atoms with Crippen LogP contribution in [0, 0.1) is 0 Å². The highest BCUT2D eigenvalue weighted by Gasteiger charge is 2.28. The molecule has 1 aliphatic heterocycles. The lowest BCUT2D eigenvalue weighted by Gasteiger charge is -2.36. The molecule has 1 atom stereocenters. The first-order chi connectivity index (χ1) is 13.5. The smallest absolute Gasteiger partial charge is 0.274 e. The van der Waals surface area contributed by atoms with Crippen molar-refractivity contribution in [2.24, 2.45) is 7.05 Å². The normalized spacial score (nSPS) is 17.1. The van der Waals surface area contributed by atoms with E-state index in [0.29, 0.717) is 29.2 Å². The zero-order valence-corrected chi connectivity index (χ0v) is 16.3. The van der Waals surface area contributed by atoms with Crippen molar-refractivity contribution >= 4 is 28.3 Å². The van der Waals surface area contributed by atoms with E-state index in [1.807, 2.05) is 47.4 Å². The summed E-state index contributed by atoms with van der Waals surface area (Å²) in [5.74, 6) is -0.0113. The fourth-order valence-electron chi connectivity index (χ4n) is 3.77. The summed E-state index contributed by atoms with van der Waals surface area (Å²) < 4.78 is 1.30. The molecule has 0 bridgehead atoms. The van der Waals surface area contributed by atoms with E-state index < -0.39 is 0 Å². The van der Waals surface area contributed by atoms with E-state index >= 15 is 0 Å². The van der Waals surface area contributed by atoms with Crippen molar-refractivity contribution in [2.45, 2.75) is 12.5 Å². The molecule has 1 aliphatic rings. The number of halogens is 1. The van der Waals surface area contributed by atoms with Gasteiger partial charge >= 0.3 is 0 Å². The van der Waals surface area contributed by atoms with Gasteiger partial charge in [-0.25, -0.2) is 4.68 Å². The maximum Gasteiger partial charge on any atom is 0.274 e. The highest BCUT2D eigenvalue weighted by molar-refractivity contribution is 6.30. The molecular weight excluding hydrogens is 376 g/mol. The molecule has 28 heavy (non-hydrogen) atoms. The molecule has 1 amide bonds. The highest BCUT2D eigenvalue weighted by Crippen LogP contribution is 2.26. The Bertz CT molecular complexity index is 1100. The number of hydrogen-bond donors (Lipinski definition) is 1. The summed E-state index contributed by atoms with van der Waals surface area (Å²) in [7, 11) is 1.61. The molecule has 0 radical (unpaired) electrons. The fourth-order valence-corrected chi connectivity index (χ4v) is 3.96. The van der Waals surface area contributed by atoms with E-state index in [1.165, 1.54) is 4.68 Å². The minimum atomic E-state index is -0.161. The van der Waals surface area contributed by atoms with Gasteiger partial charge in [-0.15, -0.1) is 0 Å². The second-order valence-electron chi connectivity index (χ2n) is 6.96. The summed E-state index contributed by atoms with van der Waals surface area (Å²) in [6, 6.07) is 14.8. The maximum atomic E-state index is 13.2. The second kappa shape index (κ2) is 7.73. The molecule has 6 nitrogen and oxygen atoms in total. The third-order valence-electron chi connectivity index (χ3n) is 5.15. The first-order valence-electron chi connectivity index (χ1n) is 9.25. The summed E-state index contributed by atoms with van der Waals surface area (Å²) in [6.07, 6.45) is 0.145. The van der Waals surface area contributed by atoms with Gasteiger partial charge in [-0.2, -0.15) is 5.10 Å². The van der Waals surface area contributed by atoms with E-state index in [4.69, 9.17) is 11.6 Å². The van der Waals surface area contributed by atoms with E-state index in [1.54, 1.807) is 13.1 Å². The van der Waals surface area contributed by atoms with Crippen LogP contribution in [-0.4, -0.2) is 40.2 Å². The standard InChI is InChI=1S/C21H21ClN4O2/c1-25-21(28)17-8-3-2-7-16(17)18(24-25)12-20(27)26-10-9-23-13-19(26)14-5-4-6-15(22)11-14/h2-8,11,19,23H,9-10,12-13H2,1H3. The predicted octanol–water partition coefficient (Wildman–Crippen LogP) is 2.30. The van der Waals surface area contributed by atoms with Crippen molar-refractivity contribution in [3.05, 3.63) is 75.2 Å². The molecule has 1 saturated heterocycles. The third kappa shape index (κ3) is 3.53. The van der Waals surface area contributed by atoms with Crippen LogP contribution in [0.1, 0.15) is 17.3 Å². The Morgan fingerprint density at radius 2 is 2.00 bits per heavy atom. The Labute approximate surface area is 167 Å². The zero-order valence-electron chi connectivity index (χ0n) is 15.6. The molecular formula is C21H21ClN4O2. The lowest BCUT2D eigenvalue weighted by molar-refractivity contribution is -0.133. The number of nitrogens with zero attached hydrogens (tertiary/aromatic N) is 3. The van der Waals surface area contributed by atoms with Gasteiger partial charge in [-0.3, -0.25) is 9.59 Å². The Balaban J connectivity index is 1.67. The van der Waals surface area contributed by atoms with E-state index in [-0.39, 0.29) is 23.9 Å². The van der Waals surface area contributed by atoms with E-state index in [2.05, 4.69) is 10.4 Å². The number of rotatable bonds is 3. The van der Waals surface area contributed by atoms with Gasteiger partial charge in [0.15, 0.2) is 0 Å². The molecule has 1 N–H and O–H groups in total. The van der Waals surface area contributed by atoms with E-state index in [0.717, 1.165) is 17.5 Å². The zero-order chi connectivity index (χ0) is 19.7. The first kappa shape index (κ1) is 18.7. The number of hydrogen-bond acceptors (Lipinski definition) is 4. The Morgan fingerprint density at radius 1 is 1.21 bits per heavy atom. The molecule has 0 spiro atoms. The van der Waals surface area contributed by atoms with Gasteiger partial charge in [0.05, 0.1) is 23.5 Å². The highest BCUT2D eigenvalue weighted by atomic mass is 35.5. The van der Waals surface area contributed by atoms with Crippen LogP contribution < -0.4 is 10.9 Å². The average Bonchev–Trinajstić information content (AvgIpc) is 2.72. The topological polar surface area (TPSA) is 67.2 Å². The SMILES string of the molecule is Cn1nc(CC(=O)N2CCNCC2c2cccc(Cl)c2)c2ccccc2c1=O. The summed E-state index contributed by atoms with van der Waals surface area (Å²) in [5.41, 5.74) is 1.46. The molecule has 3 aromatic rings. The summed E-state index contributed by atoms with van der Waals surface area (Å²) in [4.78, 5) is 27.4. The molecule has 4 rings (SSSR count). The predicted molar refractivity (Wildman–Crippen MR) is 109 cm³/mol. The molecule has 1 aromatic heterocycles. The third-order valence-corrected chi connectivity index (χ3v) is 5.38. The van der Waals surface area contributed by atoms with Crippen LogP contribution in [0.3, 0.4) is 0 Å². The second-order valence-corrected chi connectivity index (χ2v) is 7.40. The Kier molecular flexibility index (Phi) is 5.15. The van der Waals surface area contributed by atoms with Gasteiger partial charge in [0.2, 0.25) is 5.91 Å². The molecule has 1 unspecified atom stereocenters. The minimum Gasteiger partial charge on any atom is -0.333 e. The van der Waals surface area contributed by atoms with Crippen LogP contribution in [0.5, 0.6) is 0 Å². The number of benzene rings is 2. The van der Waals surface area contributed by atoms with Crippen LogP contribution in [0.15, 0.2) is 53.3 Å². The van der Waals surface area contributed by atoms with E-state index in [9.17, 15) is 9.59 Å². The Hall–Kier alpha value is -2.70. The summed E-state index contributed by atoms with van der Waals surface area (Å²) in [6.45, 7) is 2.03. The lowest BCUT2D eigenvalue weighted by Crippen LogP contribution is -2.49. The number of aryl methyl sites for hydroxylation is 1. The van der Waals surface area contributed by atoms with Crippen LogP contribution in [0.25, 0.3) is 10.8 Å². The van der Waals surface area contributed by atoms with Crippen LogP contribution in [0.2, 0.25) is 5.02 Å². The number of carbonyl (C=O) groups excluding carboxylic acids is 1. The van der Waals surface area contributed by atoms with Crippen molar-refractivity contribution in [2.75, 3.05) is 19.6 Å². The van der Waals surface area contributed by atoms with Crippen LogP contribution in [-0.2, 0) is 18.3 Å². The molecule has 0 saturated carbocycles. The lowest BCUT2D eigenvalue weighted by atomic mass is 10.0. The van der Waals surface area contributed by atoms with Gasteiger partial charge in [-0.1, -0.05) is 41.9 Å². The largest absolute Gasteiger partial charge is 0.333 e. The van der Waals surface area contributed by atoms with Crippen molar-refractivity contribution in [1.82, 2.24) is 20.0 Å². The molecule has 2 aromatic carbocycles. The molecule has 1 fully saturated rings. The van der Waals surface area contributed by atoms with Crippen molar-refractivity contribution < 1.29 is 4.79 Å². The Morgan fingerprint density at radius 3 is 2.79 bits per heavy atom. The van der Waals surface area contributed by atoms with Crippen molar-refractivity contribution in [3.8, 4) is 0 Å². The van der Waals surface area contributed by atoms with Gasteiger partial charge in [0, 0.05) is 37.1 Å². The van der Waals surface area contributed by atoms with Crippen LogP contribution in [0.4, 0.5) is 0 Å².